The van der Waals surface area contributed by atoms with Crippen LogP contribution in [0.5, 0.6) is 11.5 Å². The standard InChI is InChI=1S/C22H16N2O3/c25-17-10-5-15(6-11-17)7-14-21-23-20-4-2-1-3-19(20)22(27)24(21)16-8-12-18(26)13-9-16/h1-14,25-26H/b14-7-. The van der Waals surface area contributed by atoms with Crippen molar-refractivity contribution in [3.8, 4) is 17.2 Å². The molecule has 5 heteroatoms. The van der Waals surface area contributed by atoms with Crippen LogP contribution in [0, 0.1) is 0 Å². The van der Waals surface area contributed by atoms with E-state index in [9.17, 15) is 15.0 Å². The van der Waals surface area contributed by atoms with Crippen molar-refractivity contribution >= 4 is 23.1 Å². The third kappa shape index (κ3) is 3.30. The van der Waals surface area contributed by atoms with Crippen molar-refractivity contribution in [2.24, 2.45) is 0 Å². The van der Waals surface area contributed by atoms with Crippen molar-refractivity contribution in [3.05, 3.63) is 94.5 Å². The summed E-state index contributed by atoms with van der Waals surface area (Å²) >= 11 is 0. The van der Waals surface area contributed by atoms with E-state index >= 15 is 0 Å². The fourth-order valence-electron chi connectivity index (χ4n) is 2.87. The SMILES string of the molecule is O=c1c2ccccc2nc(/C=C\c2ccc(O)cc2)n1-c1ccc(O)cc1. The lowest BCUT2D eigenvalue weighted by Gasteiger charge is -2.11. The number of fused-ring (bicyclic) bond motifs is 1. The molecule has 4 aromatic rings. The van der Waals surface area contributed by atoms with Gasteiger partial charge < -0.3 is 10.2 Å². The van der Waals surface area contributed by atoms with Crippen molar-refractivity contribution < 1.29 is 10.2 Å². The summed E-state index contributed by atoms with van der Waals surface area (Å²) in [6.07, 6.45) is 3.58. The average Bonchev–Trinajstić information content (AvgIpc) is 2.69. The molecule has 0 aliphatic rings. The largest absolute Gasteiger partial charge is 0.508 e. The smallest absolute Gasteiger partial charge is 0.266 e. The fraction of sp³-hybridized carbons (Fsp3) is 0. The maximum absolute atomic E-state index is 13.1. The Hall–Kier alpha value is -3.86. The molecule has 0 saturated heterocycles. The van der Waals surface area contributed by atoms with Crippen molar-refractivity contribution in [1.29, 1.82) is 0 Å². The first-order valence-corrected chi connectivity index (χ1v) is 8.40. The van der Waals surface area contributed by atoms with E-state index in [1.54, 1.807) is 60.7 Å². The number of phenols is 2. The number of benzene rings is 3. The molecule has 0 saturated carbocycles. The molecule has 0 fully saturated rings. The van der Waals surface area contributed by atoms with Crippen molar-refractivity contribution in [3.63, 3.8) is 0 Å². The number of aromatic nitrogens is 2. The van der Waals surface area contributed by atoms with Gasteiger partial charge in [0.05, 0.1) is 16.6 Å². The summed E-state index contributed by atoms with van der Waals surface area (Å²) in [6, 6.07) is 20.3. The van der Waals surface area contributed by atoms with Crippen molar-refractivity contribution in [2.45, 2.75) is 0 Å². The van der Waals surface area contributed by atoms with Crippen LogP contribution in [-0.4, -0.2) is 19.8 Å². The van der Waals surface area contributed by atoms with Gasteiger partial charge >= 0.3 is 0 Å². The number of para-hydroxylation sites is 1. The molecule has 2 N–H and O–H groups in total. The van der Waals surface area contributed by atoms with Gasteiger partial charge in [-0.3, -0.25) is 9.36 Å². The van der Waals surface area contributed by atoms with Gasteiger partial charge in [-0.15, -0.1) is 0 Å². The van der Waals surface area contributed by atoms with Crippen LogP contribution in [0.2, 0.25) is 0 Å². The lowest BCUT2D eigenvalue weighted by molar-refractivity contribution is 0.474. The maximum Gasteiger partial charge on any atom is 0.266 e. The molecule has 0 amide bonds. The molecular formula is C22H16N2O3. The number of rotatable bonds is 3. The summed E-state index contributed by atoms with van der Waals surface area (Å²) in [7, 11) is 0. The van der Waals surface area contributed by atoms with Gasteiger partial charge in [0.2, 0.25) is 0 Å². The van der Waals surface area contributed by atoms with E-state index in [2.05, 4.69) is 4.98 Å². The van der Waals surface area contributed by atoms with Gasteiger partial charge in [-0.25, -0.2) is 4.98 Å². The highest BCUT2D eigenvalue weighted by atomic mass is 16.3. The maximum atomic E-state index is 13.1. The molecule has 132 valence electrons. The molecule has 27 heavy (non-hydrogen) atoms. The first-order chi connectivity index (χ1) is 13.1. The number of aromatic hydroxyl groups is 2. The van der Waals surface area contributed by atoms with E-state index in [0.29, 0.717) is 22.4 Å². The zero-order valence-electron chi connectivity index (χ0n) is 14.3. The number of hydrogen-bond acceptors (Lipinski definition) is 4. The first kappa shape index (κ1) is 16.6. The van der Waals surface area contributed by atoms with E-state index in [0.717, 1.165) is 5.56 Å². The second kappa shape index (κ2) is 6.80. The first-order valence-electron chi connectivity index (χ1n) is 8.40. The third-order valence-corrected chi connectivity index (χ3v) is 4.23. The summed E-state index contributed by atoms with van der Waals surface area (Å²) < 4.78 is 1.51. The molecule has 1 heterocycles. The minimum Gasteiger partial charge on any atom is -0.508 e. The van der Waals surface area contributed by atoms with Gasteiger partial charge in [-0.05, 0) is 60.2 Å². The Morgan fingerprint density at radius 2 is 1.41 bits per heavy atom. The molecular weight excluding hydrogens is 340 g/mol. The van der Waals surface area contributed by atoms with Gasteiger partial charge in [-0.1, -0.05) is 30.3 Å². The van der Waals surface area contributed by atoms with Crippen LogP contribution in [0.4, 0.5) is 0 Å². The predicted molar refractivity (Wildman–Crippen MR) is 106 cm³/mol. The van der Waals surface area contributed by atoms with Crippen LogP contribution in [0.25, 0.3) is 28.7 Å². The molecule has 4 rings (SSSR count). The van der Waals surface area contributed by atoms with Crippen LogP contribution in [0.15, 0.2) is 77.6 Å². The van der Waals surface area contributed by atoms with E-state index in [4.69, 9.17) is 0 Å². The summed E-state index contributed by atoms with van der Waals surface area (Å²) in [6.45, 7) is 0. The minimum absolute atomic E-state index is 0.127. The summed E-state index contributed by atoms with van der Waals surface area (Å²) in [5.41, 5.74) is 1.91. The van der Waals surface area contributed by atoms with E-state index in [1.807, 2.05) is 12.1 Å². The van der Waals surface area contributed by atoms with E-state index in [-0.39, 0.29) is 17.1 Å². The average molecular weight is 356 g/mol. The van der Waals surface area contributed by atoms with Gasteiger partial charge in [0, 0.05) is 0 Å². The topological polar surface area (TPSA) is 75.3 Å². The molecule has 0 unspecified atom stereocenters. The summed E-state index contributed by atoms with van der Waals surface area (Å²) in [4.78, 5) is 17.7. The lowest BCUT2D eigenvalue weighted by Crippen LogP contribution is -2.22. The Morgan fingerprint density at radius 3 is 2.11 bits per heavy atom. The van der Waals surface area contributed by atoms with Gasteiger partial charge in [0.1, 0.15) is 17.3 Å². The number of nitrogens with zero attached hydrogens (tertiary/aromatic N) is 2. The molecule has 0 aliphatic carbocycles. The summed E-state index contributed by atoms with van der Waals surface area (Å²) in [5.74, 6) is 0.788. The number of phenolic OH excluding ortho intramolecular Hbond substituents is 2. The highest BCUT2D eigenvalue weighted by molar-refractivity contribution is 5.80. The van der Waals surface area contributed by atoms with Crippen molar-refractivity contribution in [1.82, 2.24) is 9.55 Å². The molecule has 0 radical (unpaired) electrons. The quantitative estimate of drug-likeness (QED) is 0.582. The van der Waals surface area contributed by atoms with Crippen LogP contribution in [0.3, 0.4) is 0 Å². The molecule has 0 aliphatic heterocycles. The van der Waals surface area contributed by atoms with Gasteiger partial charge in [0.25, 0.3) is 5.56 Å². The van der Waals surface area contributed by atoms with Crippen LogP contribution >= 0.6 is 0 Å². The Kier molecular flexibility index (Phi) is 4.18. The number of hydrogen-bond donors (Lipinski definition) is 2. The Balaban J connectivity index is 1.92. The van der Waals surface area contributed by atoms with E-state index < -0.39 is 0 Å². The highest BCUT2D eigenvalue weighted by Gasteiger charge is 2.11. The van der Waals surface area contributed by atoms with Gasteiger partial charge in [-0.2, -0.15) is 0 Å². The molecule has 0 bridgehead atoms. The molecule has 0 atom stereocenters. The monoisotopic (exact) mass is 356 g/mol. The van der Waals surface area contributed by atoms with Crippen LogP contribution < -0.4 is 5.56 Å². The molecule has 5 nitrogen and oxygen atoms in total. The lowest BCUT2D eigenvalue weighted by atomic mass is 10.2. The Labute approximate surface area is 155 Å². The second-order valence-corrected chi connectivity index (χ2v) is 6.07. The second-order valence-electron chi connectivity index (χ2n) is 6.07. The van der Waals surface area contributed by atoms with Gasteiger partial charge in [0.15, 0.2) is 0 Å². The zero-order chi connectivity index (χ0) is 18.8. The highest BCUT2D eigenvalue weighted by Crippen LogP contribution is 2.18. The van der Waals surface area contributed by atoms with Crippen molar-refractivity contribution in [2.75, 3.05) is 0 Å². The third-order valence-electron chi connectivity index (χ3n) is 4.23. The summed E-state index contributed by atoms with van der Waals surface area (Å²) in [5, 5.41) is 19.5. The molecule has 1 aromatic heterocycles. The molecule has 3 aromatic carbocycles. The Bertz CT molecular complexity index is 1190. The Morgan fingerprint density at radius 1 is 0.778 bits per heavy atom. The van der Waals surface area contributed by atoms with Crippen LogP contribution in [-0.2, 0) is 0 Å². The zero-order valence-corrected chi connectivity index (χ0v) is 14.3. The minimum atomic E-state index is -0.184. The predicted octanol–water partition coefficient (Wildman–Crippen LogP) is 3.97. The normalized spacial score (nSPS) is 11.3. The fourth-order valence-corrected chi connectivity index (χ4v) is 2.87. The molecule has 0 spiro atoms. The van der Waals surface area contributed by atoms with Crippen LogP contribution in [0.1, 0.15) is 11.4 Å². The van der Waals surface area contributed by atoms with E-state index in [1.165, 1.54) is 16.7 Å².